The number of halogens is 1. The third kappa shape index (κ3) is 3.14. The van der Waals surface area contributed by atoms with E-state index < -0.39 is 0 Å². The highest BCUT2D eigenvalue weighted by Crippen LogP contribution is 2.49. The summed E-state index contributed by atoms with van der Waals surface area (Å²) in [5, 5.41) is 3.60. The van der Waals surface area contributed by atoms with E-state index in [1.165, 1.54) is 32.8 Å². The second-order valence-electron chi connectivity index (χ2n) is 6.36. The third-order valence-corrected chi connectivity index (χ3v) is 4.79. The van der Waals surface area contributed by atoms with Crippen molar-refractivity contribution in [1.29, 1.82) is 0 Å². The lowest BCUT2D eigenvalue weighted by atomic mass is 9.97. The SMILES string of the molecule is COc1ccc(C(C)NCC(C2CC2)C2CC2)cc1F. The van der Waals surface area contributed by atoms with E-state index in [2.05, 4.69) is 12.2 Å². The Bertz CT molecular complexity index is 456. The number of hydrogen-bond acceptors (Lipinski definition) is 2. The van der Waals surface area contributed by atoms with Crippen LogP contribution < -0.4 is 10.1 Å². The zero-order valence-electron chi connectivity index (χ0n) is 12.4. The standard InChI is InChI=1S/C17H24FNO/c1-11(14-7-8-17(20-2)16(18)9-14)19-10-15(12-3-4-12)13-5-6-13/h7-9,11-13,15,19H,3-6,10H2,1-2H3. The van der Waals surface area contributed by atoms with E-state index >= 15 is 0 Å². The highest BCUT2D eigenvalue weighted by atomic mass is 19.1. The Labute approximate surface area is 120 Å². The van der Waals surface area contributed by atoms with Crippen molar-refractivity contribution in [2.75, 3.05) is 13.7 Å². The van der Waals surface area contributed by atoms with Crippen molar-refractivity contribution in [3.63, 3.8) is 0 Å². The Morgan fingerprint density at radius 1 is 1.25 bits per heavy atom. The van der Waals surface area contributed by atoms with Crippen LogP contribution >= 0.6 is 0 Å². The molecule has 0 aliphatic heterocycles. The summed E-state index contributed by atoms with van der Waals surface area (Å²) in [6.07, 6.45) is 5.64. The summed E-state index contributed by atoms with van der Waals surface area (Å²) in [5.74, 6) is 2.79. The van der Waals surface area contributed by atoms with Crippen molar-refractivity contribution < 1.29 is 9.13 Å². The summed E-state index contributed by atoms with van der Waals surface area (Å²) in [6.45, 7) is 3.18. The molecule has 2 nitrogen and oxygen atoms in total. The fraction of sp³-hybridized carbons (Fsp3) is 0.647. The van der Waals surface area contributed by atoms with E-state index in [4.69, 9.17) is 4.74 Å². The van der Waals surface area contributed by atoms with Crippen LogP contribution in [0, 0.1) is 23.6 Å². The minimum atomic E-state index is -0.278. The molecule has 0 aromatic heterocycles. The predicted molar refractivity (Wildman–Crippen MR) is 78.3 cm³/mol. The molecule has 20 heavy (non-hydrogen) atoms. The molecule has 3 rings (SSSR count). The maximum Gasteiger partial charge on any atom is 0.165 e. The Hall–Kier alpha value is -1.09. The van der Waals surface area contributed by atoms with E-state index in [0.717, 1.165) is 29.9 Å². The molecule has 1 atom stereocenters. The number of methoxy groups -OCH3 is 1. The van der Waals surface area contributed by atoms with Crippen molar-refractivity contribution >= 4 is 0 Å². The maximum atomic E-state index is 13.7. The highest BCUT2D eigenvalue weighted by Gasteiger charge is 2.41. The first-order valence-electron chi connectivity index (χ1n) is 7.76. The fourth-order valence-corrected chi connectivity index (χ4v) is 3.15. The average molecular weight is 277 g/mol. The molecule has 1 N–H and O–H groups in total. The molecular weight excluding hydrogens is 253 g/mol. The van der Waals surface area contributed by atoms with Crippen molar-refractivity contribution in [2.24, 2.45) is 17.8 Å². The molecular formula is C17H24FNO. The third-order valence-electron chi connectivity index (χ3n) is 4.79. The zero-order valence-corrected chi connectivity index (χ0v) is 12.4. The molecule has 2 fully saturated rings. The highest BCUT2D eigenvalue weighted by molar-refractivity contribution is 5.30. The molecule has 0 bridgehead atoms. The van der Waals surface area contributed by atoms with Crippen LogP contribution in [0.4, 0.5) is 4.39 Å². The topological polar surface area (TPSA) is 21.3 Å². The molecule has 0 radical (unpaired) electrons. The van der Waals surface area contributed by atoms with Gasteiger partial charge < -0.3 is 10.1 Å². The number of nitrogens with one attached hydrogen (secondary N) is 1. The van der Waals surface area contributed by atoms with E-state index in [0.29, 0.717) is 5.75 Å². The average Bonchev–Trinajstić information content (AvgIpc) is 3.31. The van der Waals surface area contributed by atoms with Crippen LogP contribution in [0.15, 0.2) is 18.2 Å². The Balaban J connectivity index is 1.57. The smallest absolute Gasteiger partial charge is 0.165 e. The lowest BCUT2D eigenvalue weighted by Gasteiger charge is -2.21. The van der Waals surface area contributed by atoms with Crippen molar-refractivity contribution in [3.05, 3.63) is 29.6 Å². The van der Waals surface area contributed by atoms with Gasteiger partial charge in [-0.15, -0.1) is 0 Å². The van der Waals surface area contributed by atoms with E-state index in [1.807, 2.05) is 6.07 Å². The number of rotatable bonds is 7. The van der Waals surface area contributed by atoms with Gasteiger partial charge in [-0.25, -0.2) is 4.39 Å². The molecule has 1 unspecified atom stereocenters. The van der Waals surface area contributed by atoms with E-state index in [1.54, 1.807) is 12.1 Å². The first kappa shape index (κ1) is 13.9. The number of ether oxygens (including phenoxy) is 1. The summed E-state index contributed by atoms with van der Waals surface area (Å²) in [7, 11) is 1.50. The molecule has 2 saturated carbocycles. The summed E-state index contributed by atoms with van der Waals surface area (Å²) in [5.41, 5.74) is 0.994. The molecule has 3 heteroatoms. The van der Waals surface area contributed by atoms with Crippen LogP contribution in [0.3, 0.4) is 0 Å². The molecule has 1 aromatic rings. The van der Waals surface area contributed by atoms with Gasteiger partial charge in [-0.1, -0.05) is 6.07 Å². The summed E-state index contributed by atoms with van der Waals surface area (Å²) in [6, 6.07) is 5.43. The van der Waals surface area contributed by atoms with Gasteiger partial charge in [0.15, 0.2) is 11.6 Å². The number of hydrogen-bond donors (Lipinski definition) is 1. The fourth-order valence-electron chi connectivity index (χ4n) is 3.15. The van der Waals surface area contributed by atoms with Crippen LogP contribution in [0.5, 0.6) is 5.75 Å². The Kier molecular flexibility index (Phi) is 3.97. The van der Waals surface area contributed by atoms with Crippen LogP contribution in [0.2, 0.25) is 0 Å². The van der Waals surface area contributed by atoms with Crippen LogP contribution in [0.25, 0.3) is 0 Å². The second kappa shape index (κ2) is 5.72. The van der Waals surface area contributed by atoms with Crippen molar-refractivity contribution in [1.82, 2.24) is 5.32 Å². The summed E-state index contributed by atoms with van der Waals surface area (Å²) in [4.78, 5) is 0. The van der Waals surface area contributed by atoms with Gasteiger partial charge in [0.1, 0.15) is 0 Å². The van der Waals surface area contributed by atoms with Gasteiger partial charge in [0, 0.05) is 6.04 Å². The second-order valence-corrected chi connectivity index (χ2v) is 6.36. The molecule has 0 spiro atoms. The predicted octanol–water partition coefficient (Wildman–Crippen LogP) is 3.92. The van der Waals surface area contributed by atoms with Crippen LogP contribution in [0.1, 0.15) is 44.2 Å². The maximum absolute atomic E-state index is 13.7. The van der Waals surface area contributed by atoms with Gasteiger partial charge in [-0.3, -0.25) is 0 Å². The molecule has 110 valence electrons. The van der Waals surface area contributed by atoms with Gasteiger partial charge in [-0.05, 0) is 74.6 Å². The molecule has 2 aliphatic rings. The lowest BCUT2D eigenvalue weighted by Crippen LogP contribution is -2.28. The van der Waals surface area contributed by atoms with E-state index in [-0.39, 0.29) is 11.9 Å². The van der Waals surface area contributed by atoms with Gasteiger partial charge in [0.05, 0.1) is 7.11 Å². The lowest BCUT2D eigenvalue weighted by molar-refractivity contribution is 0.360. The minimum absolute atomic E-state index is 0.190. The van der Waals surface area contributed by atoms with Crippen LogP contribution in [-0.4, -0.2) is 13.7 Å². The first-order chi connectivity index (χ1) is 9.69. The first-order valence-corrected chi connectivity index (χ1v) is 7.76. The largest absolute Gasteiger partial charge is 0.494 e. The van der Waals surface area contributed by atoms with Crippen LogP contribution in [-0.2, 0) is 0 Å². The quantitative estimate of drug-likeness (QED) is 0.815. The molecule has 0 saturated heterocycles. The minimum Gasteiger partial charge on any atom is -0.494 e. The Morgan fingerprint density at radius 2 is 1.90 bits per heavy atom. The van der Waals surface area contributed by atoms with Gasteiger partial charge in [0.2, 0.25) is 0 Å². The summed E-state index contributed by atoms with van der Waals surface area (Å²) < 4.78 is 18.7. The molecule has 0 amide bonds. The zero-order chi connectivity index (χ0) is 14.1. The summed E-state index contributed by atoms with van der Waals surface area (Å²) >= 11 is 0. The van der Waals surface area contributed by atoms with Crippen molar-refractivity contribution in [2.45, 2.75) is 38.6 Å². The molecule has 1 aromatic carbocycles. The normalized spacial score (nSPS) is 20.2. The van der Waals surface area contributed by atoms with Crippen molar-refractivity contribution in [3.8, 4) is 5.75 Å². The number of benzene rings is 1. The van der Waals surface area contributed by atoms with Gasteiger partial charge >= 0.3 is 0 Å². The van der Waals surface area contributed by atoms with Gasteiger partial charge in [-0.2, -0.15) is 0 Å². The Morgan fingerprint density at radius 3 is 2.40 bits per heavy atom. The monoisotopic (exact) mass is 277 g/mol. The molecule has 2 aliphatic carbocycles. The van der Waals surface area contributed by atoms with Gasteiger partial charge in [0.25, 0.3) is 0 Å². The molecule has 0 heterocycles. The van der Waals surface area contributed by atoms with E-state index in [9.17, 15) is 4.39 Å².